The maximum absolute atomic E-state index is 14.9. The van der Waals surface area contributed by atoms with Crippen LogP contribution in [0.4, 0.5) is 35.1 Å². The van der Waals surface area contributed by atoms with E-state index in [1.54, 1.807) is 46.0 Å². The minimum absolute atomic E-state index is 0.111. The molecule has 6 aromatic rings. The molecule has 0 spiro atoms. The summed E-state index contributed by atoms with van der Waals surface area (Å²) in [5.74, 6) is -1.58. The lowest BCUT2D eigenvalue weighted by atomic mass is 9.58. The Hall–Kier alpha value is -5.41. The van der Waals surface area contributed by atoms with Crippen LogP contribution < -0.4 is 0 Å². The Balaban J connectivity index is 0.000000190. The van der Waals surface area contributed by atoms with Crippen molar-refractivity contribution >= 4 is 38.4 Å². The summed E-state index contributed by atoms with van der Waals surface area (Å²) >= 11 is 0. The third-order valence-electron chi connectivity index (χ3n) is 19.2. The van der Waals surface area contributed by atoms with Gasteiger partial charge in [-0.2, -0.15) is 47.1 Å². The van der Waals surface area contributed by atoms with Gasteiger partial charge in [-0.1, -0.05) is 41.5 Å². The normalized spacial score (nSPS) is 25.5. The van der Waals surface area contributed by atoms with E-state index in [4.69, 9.17) is 8.85 Å². The Morgan fingerprint density at radius 1 is 0.551 bits per heavy atom. The number of hydrogen-bond acceptors (Lipinski definition) is 6. The predicted molar refractivity (Wildman–Crippen MR) is 291 cm³/mol. The highest BCUT2D eigenvalue weighted by Gasteiger charge is 2.66. The molecule has 0 radical (unpaired) electrons. The van der Waals surface area contributed by atoms with E-state index in [0.717, 1.165) is 44.1 Å². The van der Waals surface area contributed by atoms with Gasteiger partial charge in [0.15, 0.2) is 27.8 Å². The molecule has 10 rings (SSSR count). The number of benzene rings is 4. The highest BCUT2D eigenvalue weighted by atomic mass is 28.4. The second-order valence-electron chi connectivity index (χ2n) is 22.6. The summed E-state index contributed by atoms with van der Waals surface area (Å²) in [6, 6.07) is 29.1. The fourth-order valence-electron chi connectivity index (χ4n) is 14.1. The molecule has 0 N–H and O–H groups in total. The number of aromatic nitrogens is 4. The Morgan fingerprint density at radius 3 is 1.21 bits per heavy atom. The van der Waals surface area contributed by atoms with Crippen molar-refractivity contribution < 1.29 is 44.0 Å². The molecule has 2 fully saturated rings. The zero-order valence-electron chi connectivity index (χ0n) is 45.5. The van der Waals surface area contributed by atoms with Crippen LogP contribution in [0.3, 0.4) is 0 Å². The SMILES string of the molecule is CC[Si](CC)(CC)O[C@]1(C(F)(F)F)CC[C@@]2(C#N)c3cc4cnn(-c5ccc(F)cc5)c4cc3CCC[C@@H]2C1.CC[Si](CC)(CC)O[C@]1(C(F)(F)F)CC[C@@]2(C#N)c3cc4cnn(-c5ccc(F)cc5)c4cc3CCC[C@@H]2C1. The minimum Gasteiger partial charge on any atom is -0.403 e. The first-order valence-electron chi connectivity index (χ1n) is 28.0. The van der Waals surface area contributed by atoms with Gasteiger partial charge in [0.05, 0.1) is 57.8 Å². The fraction of sp³-hybridized carbons (Fsp3) is 0.533. The molecule has 0 bridgehead atoms. The molecule has 4 aromatic carbocycles. The smallest absolute Gasteiger partial charge is 0.403 e. The molecule has 0 unspecified atom stereocenters. The number of alkyl halides is 6. The van der Waals surface area contributed by atoms with Crippen LogP contribution in [0.15, 0.2) is 85.2 Å². The van der Waals surface area contributed by atoms with Gasteiger partial charge in [0.25, 0.3) is 0 Å². The van der Waals surface area contributed by atoms with E-state index in [1.165, 1.54) is 24.3 Å². The van der Waals surface area contributed by atoms with E-state index in [9.17, 15) is 45.6 Å². The first-order valence-corrected chi connectivity index (χ1v) is 33.1. The highest BCUT2D eigenvalue weighted by molar-refractivity contribution is 6.74. The van der Waals surface area contributed by atoms with Crippen LogP contribution in [-0.4, -0.2) is 59.8 Å². The lowest BCUT2D eigenvalue weighted by Gasteiger charge is -2.52. The van der Waals surface area contributed by atoms with Gasteiger partial charge in [-0.05, 0) is 220 Å². The van der Waals surface area contributed by atoms with Crippen LogP contribution in [-0.2, 0) is 32.5 Å². The number of aryl methyl sites for hydroxylation is 2. The number of hydrogen-bond donors (Lipinski definition) is 0. The molecular formula is C60H70F8N6O2Si2. The van der Waals surface area contributed by atoms with Gasteiger partial charge in [-0.15, -0.1) is 0 Å². The number of halogens is 8. The second-order valence-corrected chi connectivity index (χ2v) is 32.0. The maximum Gasteiger partial charge on any atom is 0.416 e. The van der Waals surface area contributed by atoms with E-state index in [1.807, 2.05) is 65.8 Å². The number of fused-ring (bicyclic) bond motifs is 8. The molecule has 4 aliphatic rings. The average molecular weight is 1120 g/mol. The summed E-state index contributed by atoms with van der Waals surface area (Å²) in [6.45, 7) is 11.7. The summed E-state index contributed by atoms with van der Waals surface area (Å²) in [5, 5.41) is 32.0. The molecule has 78 heavy (non-hydrogen) atoms. The van der Waals surface area contributed by atoms with Gasteiger partial charge in [0.1, 0.15) is 11.6 Å². The van der Waals surface area contributed by atoms with Gasteiger partial charge < -0.3 is 8.85 Å². The molecule has 2 heterocycles. The molecule has 0 aliphatic heterocycles. The molecule has 416 valence electrons. The van der Waals surface area contributed by atoms with Crippen LogP contribution in [0.25, 0.3) is 33.2 Å². The lowest BCUT2D eigenvalue weighted by Crippen LogP contribution is -2.60. The zero-order chi connectivity index (χ0) is 56.1. The second kappa shape index (κ2) is 21.6. The van der Waals surface area contributed by atoms with E-state index in [-0.39, 0.29) is 50.2 Å². The first kappa shape index (κ1) is 57.3. The van der Waals surface area contributed by atoms with Crippen molar-refractivity contribution in [2.45, 2.75) is 189 Å². The van der Waals surface area contributed by atoms with E-state index < -0.39 is 62.9 Å². The van der Waals surface area contributed by atoms with Crippen molar-refractivity contribution in [1.82, 2.24) is 19.6 Å². The van der Waals surface area contributed by atoms with Crippen molar-refractivity contribution in [3.05, 3.63) is 119 Å². The topological polar surface area (TPSA) is 102 Å². The third-order valence-corrected chi connectivity index (χ3v) is 28.6. The van der Waals surface area contributed by atoms with Crippen molar-refractivity contribution in [1.29, 1.82) is 10.5 Å². The Labute approximate surface area is 454 Å². The van der Waals surface area contributed by atoms with Gasteiger partial charge in [-0.25, -0.2) is 18.1 Å². The average Bonchev–Trinajstić information content (AvgIpc) is 4.08. The Bertz CT molecular complexity index is 2980. The summed E-state index contributed by atoms with van der Waals surface area (Å²) < 4.78 is 133. The summed E-state index contributed by atoms with van der Waals surface area (Å²) in [7, 11) is -5.14. The number of nitriles is 2. The highest BCUT2D eigenvalue weighted by Crippen LogP contribution is 2.60. The van der Waals surface area contributed by atoms with E-state index >= 15 is 0 Å². The Morgan fingerprint density at radius 2 is 0.897 bits per heavy atom. The van der Waals surface area contributed by atoms with Gasteiger partial charge >= 0.3 is 12.4 Å². The molecule has 4 aliphatic carbocycles. The van der Waals surface area contributed by atoms with Crippen LogP contribution in [0.5, 0.6) is 0 Å². The zero-order valence-corrected chi connectivity index (χ0v) is 47.5. The molecule has 2 saturated carbocycles. The number of rotatable bonds is 12. The standard InChI is InChI=1S/2C30H35F4N3OSi/c2*1-4-39(5-2,6-3)38-29(30(32,33)34)15-14-28(20-35)23(18-29)9-7-8-21-17-27-22(16-26(21)28)19-36-37(27)25-12-10-24(31)11-13-25/h2*10-13,16-17,19,23H,4-9,14-15,18H2,1-3H3/t2*23-,28+,29-/m11/s1. The van der Waals surface area contributed by atoms with Crippen LogP contribution in [0, 0.1) is 46.1 Å². The Kier molecular flexibility index (Phi) is 15.8. The van der Waals surface area contributed by atoms with E-state index in [2.05, 4.69) is 22.3 Å². The van der Waals surface area contributed by atoms with Crippen molar-refractivity contribution in [2.24, 2.45) is 11.8 Å². The maximum atomic E-state index is 14.9. The fourth-order valence-corrected chi connectivity index (χ4v) is 20.2. The van der Waals surface area contributed by atoms with Crippen LogP contribution >= 0.6 is 0 Å². The summed E-state index contributed by atoms with van der Waals surface area (Å²) in [4.78, 5) is 0. The van der Waals surface area contributed by atoms with Crippen molar-refractivity contribution in [3.63, 3.8) is 0 Å². The predicted octanol–water partition coefficient (Wildman–Crippen LogP) is 16.8. The van der Waals surface area contributed by atoms with Gasteiger partial charge in [-0.3, -0.25) is 0 Å². The van der Waals surface area contributed by atoms with Gasteiger partial charge in [0.2, 0.25) is 0 Å². The molecule has 18 heteroatoms. The van der Waals surface area contributed by atoms with Gasteiger partial charge in [0, 0.05) is 10.8 Å². The molecular weight excluding hydrogens is 1040 g/mol. The number of nitrogens with zero attached hydrogens (tertiary/aromatic N) is 6. The minimum atomic E-state index is -4.50. The van der Waals surface area contributed by atoms with Crippen LogP contribution in [0.2, 0.25) is 36.3 Å². The molecule has 0 saturated heterocycles. The molecule has 6 atom stereocenters. The molecule has 8 nitrogen and oxygen atoms in total. The monoisotopic (exact) mass is 1110 g/mol. The summed E-state index contributed by atoms with van der Waals surface area (Å²) in [6.07, 6.45) is -2.28. The summed E-state index contributed by atoms with van der Waals surface area (Å²) in [5.41, 5.74) is 0.310. The third kappa shape index (κ3) is 9.82. The van der Waals surface area contributed by atoms with E-state index in [0.29, 0.717) is 86.2 Å². The lowest BCUT2D eigenvalue weighted by molar-refractivity contribution is -0.270. The molecule has 0 amide bonds. The van der Waals surface area contributed by atoms with Crippen molar-refractivity contribution in [2.75, 3.05) is 0 Å². The molecule has 2 aromatic heterocycles. The largest absolute Gasteiger partial charge is 0.416 e. The quantitative estimate of drug-likeness (QED) is 0.0894. The van der Waals surface area contributed by atoms with Crippen molar-refractivity contribution in [3.8, 4) is 23.5 Å². The first-order chi connectivity index (χ1) is 37.1. The van der Waals surface area contributed by atoms with Crippen LogP contribution in [0.1, 0.15) is 128 Å².